The number of ether oxygens (including phenoxy) is 2. The lowest BCUT2D eigenvalue weighted by atomic mass is 10.1. The highest BCUT2D eigenvalue weighted by atomic mass is 32.2. The number of nitrogens with zero attached hydrogens (tertiary/aromatic N) is 5. The lowest BCUT2D eigenvalue weighted by Crippen LogP contribution is -2.51. The second kappa shape index (κ2) is 12.8. The summed E-state index contributed by atoms with van der Waals surface area (Å²) in [5.74, 6) is -1.20. The Kier molecular flexibility index (Phi) is 8.76. The first-order valence-corrected chi connectivity index (χ1v) is 14.1. The SMILES string of the molecule is COc1cccc(/C=C2/SC(=O)N(CC(=O)N3CCN(c4ccccc4)CC3)C2=O)c1Oc1ccc([N+](=O)[O-])cc1[N+](=O)[O-]. The van der Waals surface area contributed by atoms with Crippen LogP contribution in [0.4, 0.5) is 21.9 Å². The lowest BCUT2D eigenvalue weighted by molar-refractivity contribution is -0.394. The number of hydrogen-bond donors (Lipinski definition) is 0. The molecule has 0 aromatic heterocycles. The van der Waals surface area contributed by atoms with Gasteiger partial charge in [-0.1, -0.05) is 30.3 Å². The fraction of sp³-hybridized carbons (Fsp3) is 0.207. The molecule has 0 aliphatic carbocycles. The number of rotatable bonds is 9. The number of nitro groups is 2. The third-order valence-corrected chi connectivity index (χ3v) is 7.91. The average molecular weight is 620 g/mol. The minimum Gasteiger partial charge on any atom is -0.493 e. The largest absolute Gasteiger partial charge is 0.493 e. The summed E-state index contributed by atoms with van der Waals surface area (Å²) in [7, 11) is 1.34. The molecule has 2 saturated heterocycles. The lowest BCUT2D eigenvalue weighted by Gasteiger charge is -2.36. The van der Waals surface area contributed by atoms with Crippen molar-refractivity contribution in [2.24, 2.45) is 0 Å². The Morgan fingerprint density at radius 1 is 0.932 bits per heavy atom. The summed E-state index contributed by atoms with van der Waals surface area (Å²) in [6, 6.07) is 17.4. The van der Waals surface area contributed by atoms with Crippen molar-refractivity contribution in [3.63, 3.8) is 0 Å². The van der Waals surface area contributed by atoms with Gasteiger partial charge in [-0.3, -0.25) is 39.5 Å². The smallest absolute Gasteiger partial charge is 0.318 e. The molecule has 0 spiro atoms. The number of anilines is 1. The number of benzene rings is 3. The van der Waals surface area contributed by atoms with Gasteiger partial charge in [0.1, 0.15) is 6.54 Å². The van der Waals surface area contributed by atoms with E-state index < -0.39 is 38.9 Å². The van der Waals surface area contributed by atoms with Crippen LogP contribution in [0.3, 0.4) is 0 Å². The van der Waals surface area contributed by atoms with Crippen LogP contribution in [0.1, 0.15) is 5.56 Å². The number of carbonyl (C=O) groups is 3. The summed E-state index contributed by atoms with van der Waals surface area (Å²) in [4.78, 5) is 65.0. The summed E-state index contributed by atoms with van der Waals surface area (Å²) in [6.07, 6.45) is 1.36. The Bertz CT molecular complexity index is 1670. The van der Waals surface area contributed by atoms with E-state index in [-0.39, 0.29) is 33.6 Å². The molecule has 0 radical (unpaired) electrons. The monoisotopic (exact) mass is 619 g/mol. The Hall–Kier alpha value is -5.44. The molecule has 3 amide bonds. The number of hydrogen-bond acceptors (Lipinski definition) is 11. The summed E-state index contributed by atoms with van der Waals surface area (Å²) in [6.45, 7) is 1.70. The summed E-state index contributed by atoms with van der Waals surface area (Å²) in [5, 5.41) is 22.1. The Morgan fingerprint density at radius 3 is 2.32 bits per heavy atom. The molecule has 226 valence electrons. The molecule has 2 aliphatic heterocycles. The van der Waals surface area contributed by atoms with Crippen molar-refractivity contribution >= 4 is 52.0 Å². The van der Waals surface area contributed by atoms with Crippen molar-refractivity contribution in [3.05, 3.63) is 97.4 Å². The van der Waals surface area contributed by atoms with Gasteiger partial charge in [0.05, 0.1) is 27.9 Å². The maximum absolute atomic E-state index is 13.3. The zero-order valence-corrected chi connectivity index (χ0v) is 24.1. The van der Waals surface area contributed by atoms with Crippen molar-refractivity contribution in [1.82, 2.24) is 9.80 Å². The van der Waals surface area contributed by atoms with Gasteiger partial charge in [0.25, 0.3) is 16.8 Å². The molecule has 2 fully saturated rings. The van der Waals surface area contributed by atoms with E-state index in [2.05, 4.69) is 4.90 Å². The van der Waals surface area contributed by atoms with E-state index >= 15 is 0 Å². The van der Waals surface area contributed by atoms with Crippen LogP contribution in [-0.4, -0.2) is 76.5 Å². The number of non-ortho nitro benzene ring substituents is 1. The molecule has 0 unspecified atom stereocenters. The third kappa shape index (κ3) is 6.32. The van der Waals surface area contributed by atoms with E-state index in [1.165, 1.54) is 19.3 Å². The van der Waals surface area contributed by atoms with Crippen LogP contribution >= 0.6 is 11.8 Å². The molecular weight excluding hydrogens is 594 g/mol. The molecule has 14 nitrogen and oxygen atoms in total. The first-order valence-electron chi connectivity index (χ1n) is 13.3. The predicted octanol–water partition coefficient (Wildman–Crippen LogP) is 4.69. The number of methoxy groups -OCH3 is 1. The van der Waals surface area contributed by atoms with Crippen LogP contribution < -0.4 is 14.4 Å². The molecule has 3 aromatic rings. The number of carbonyl (C=O) groups excluding carboxylic acids is 3. The number of piperazine rings is 1. The number of imide groups is 1. The van der Waals surface area contributed by atoms with Crippen molar-refractivity contribution in [1.29, 1.82) is 0 Å². The van der Waals surface area contributed by atoms with E-state index in [9.17, 15) is 34.6 Å². The first-order chi connectivity index (χ1) is 21.2. The highest BCUT2D eigenvalue weighted by molar-refractivity contribution is 8.18. The highest BCUT2D eigenvalue weighted by Gasteiger charge is 2.38. The third-order valence-electron chi connectivity index (χ3n) is 7.00. The molecule has 2 heterocycles. The Labute approximate surface area is 254 Å². The van der Waals surface area contributed by atoms with Gasteiger partial charge in [-0.25, -0.2) is 0 Å². The van der Waals surface area contributed by atoms with Gasteiger partial charge >= 0.3 is 5.69 Å². The number of thioether (sulfide) groups is 1. The van der Waals surface area contributed by atoms with E-state index in [4.69, 9.17) is 9.47 Å². The van der Waals surface area contributed by atoms with Crippen LogP contribution in [0.15, 0.2) is 71.6 Å². The molecular formula is C29H25N5O9S. The summed E-state index contributed by atoms with van der Waals surface area (Å²) >= 11 is 0.645. The molecule has 0 N–H and O–H groups in total. The van der Waals surface area contributed by atoms with Crippen molar-refractivity contribution < 1.29 is 33.7 Å². The average Bonchev–Trinajstić information content (AvgIpc) is 3.29. The number of para-hydroxylation sites is 2. The van der Waals surface area contributed by atoms with E-state index in [1.54, 1.807) is 17.0 Å². The fourth-order valence-electron chi connectivity index (χ4n) is 4.74. The highest BCUT2D eigenvalue weighted by Crippen LogP contribution is 2.42. The molecule has 0 atom stereocenters. The molecule has 5 rings (SSSR count). The Balaban J connectivity index is 1.33. The van der Waals surface area contributed by atoms with Crippen molar-refractivity contribution in [3.8, 4) is 17.2 Å². The standard InChI is InChI=1S/C29H25N5O9S/c1-42-24-9-5-6-19(27(24)43-23-11-10-21(33(38)39)17-22(23)34(40)41)16-25-28(36)32(29(37)44-25)18-26(35)31-14-12-30(13-15-31)20-7-3-2-4-8-20/h2-11,16-17H,12-15,18H2,1H3/b25-16+. The van der Waals surface area contributed by atoms with Gasteiger partial charge in [0.15, 0.2) is 11.5 Å². The molecule has 44 heavy (non-hydrogen) atoms. The van der Waals surface area contributed by atoms with Crippen LogP contribution in [0.5, 0.6) is 17.2 Å². The fourth-order valence-corrected chi connectivity index (χ4v) is 5.57. The van der Waals surface area contributed by atoms with E-state index in [0.717, 1.165) is 28.8 Å². The summed E-state index contributed by atoms with van der Waals surface area (Å²) in [5.41, 5.74) is 0.149. The second-order valence-electron chi connectivity index (χ2n) is 9.62. The minimum absolute atomic E-state index is 0.00741. The quantitative estimate of drug-likeness (QED) is 0.185. The molecule has 0 saturated carbocycles. The molecule has 15 heteroatoms. The topological polar surface area (TPSA) is 166 Å². The van der Waals surface area contributed by atoms with Gasteiger partial charge in [-0.05, 0) is 42.1 Å². The normalized spacial score (nSPS) is 15.9. The predicted molar refractivity (Wildman–Crippen MR) is 161 cm³/mol. The van der Waals surface area contributed by atoms with E-state index in [0.29, 0.717) is 37.9 Å². The zero-order valence-electron chi connectivity index (χ0n) is 23.3. The number of nitro benzene ring substituents is 2. The second-order valence-corrected chi connectivity index (χ2v) is 10.6. The van der Waals surface area contributed by atoms with Gasteiger partial charge in [0, 0.05) is 43.5 Å². The summed E-state index contributed by atoms with van der Waals surface area (Å²) < 4.78 is 11.2. The van der Waals surface area contributed by atoms with Crippen LogP contribution in [-0.2, 0) is 9.59 Å². The zero-order chi connectivity index (χ0) is 31.4. The number of amides is 3. The molecule has 3 aromatic carbocycles. The molecule has 0 bridgehead atoms. The van der Waals surface area contributed by atoms with Crippen LogP contribution in [0.2, 0.25) is 0 Å². The maximum atomic E-state index is 13.3. The minimum atomic E-state index is -0.818. The van der Waals surface area contributed by atoms with Gasteiger partial charge in [-0.15, -0.1) is 0 Å². The maximum Gasteiger partial charge on any atom is 0.318 e. The molecule has 2 aliphatic rings. The van der Waals surface area contributed by atoms with Crippen molar-refractivity contribution in [2.45, 2.75) is 0 Å². The van der Waals surface area contributed by atoms with E-state index in [1.807, 2.05) is 30.3 Å². The van der Waals surface area contributed by atoms with Crippen molar-refractivity contribution in [2.75, 3.05) is 44.7 Å². The van der Waals surface area contributed by atoms with Crippen LogP contribution in [0.25, 0.3) is 6.08 Å². The van der Waals surface area contributed by atoms with Gasteiger partial charge in [-0.2, -0.15) is 0 Å². The van der Waals surface area contributed by atoms with Gasteiger partial charge in [0.2, 0.25) is 11.7 Å². The first kappa shape index (κ1) is 30.0. The Morgan fingerprint density at radius 2 is 1.66 bits per heavy atom. The van der Waals surface area contributed by atoms with Gasteiger partial charge < -0.3 is 19.3 Å². The van der Waals surface area contributed by atoms with Crippen LogP contribution in [0, 0.1) is 20.2 Å².